The quantitative estimate of drug-likeness (QED) is 0.575. The van der Waals surface area contributed by atoms with Crippen LogP contribution in [0.4, 0.5) is 28.9 Å². The average Bonchev–Trinajstić information content (AvgIpc) is 3.44. The smallest absolute Gasteiger partial charge is 0.419 e. The van der Waals surface area contributed by atoms with Crippen molar-refractivity contribution < 1.29 is 22.7 Å². The second kappa shape index (κ2) is 7.58. The minimum Gasteiger partial charge on any atom is -0.444 e. The molecule has 0 spiro atoms. The third-order valence-electron chi connectivity index (χ3n) is 5.57. The molecule has 3 aromatic heterocycles. The van der Waals surface area contributed by atoms with Crippen molar-refractivity contribution in [1.82, 2.24) is 24.5 Å². The molecule has 5 heterocycles. The van der Waals surface area contributed by atoms with Crippen molar-refractivity contribution in [3.63, 3.8) is 0 Å². The lowest BCUT2D eigenvalue weighted by molar-refractivity contribution is -0.137. The number of pyridine rings is 1. The molecule has 2 aliphatic rings. The highest BCUT2D eigenvalue weighted by atomic mass is 32.1. The fourth-order valence-electron chi connectivity index (χ4n) is 4.05. The molecule has 0 aromatic carbocycles. The topological polar surface area (TPSA) is 102 Å². The molecule has 3 aromatic rings. The van der Waals surface area contributed by atoms with E-state index in [1.165, 1.54) is 28.2 Å². The normalized spacial score (nSPS) is 18.5. The molecule has 34 heavy (non-hydrogen) atoms. The number of alkyl halides is 3. The first-order chi connectivity index (χ1) is 15.9. The maximum absolute atomic E-state index is 13.3. The summed E-state index contributed by atoms with van der Waals surface area (Å²) in [4.78, 5) is 24.6. The summed E-state index contributed by atoms with van der Waals surface area (Å²) >= 11 is 1.33. The van der Waals surface area contributed by atoms with Crippen LogP contribution in [0.15, 0.2) is 30.2 Å². The number of nitrogen functional groups attached to an aromatic ring is 1. The van der Waals surface area contributed by atoms with Crippen LogP contribution in [0.5, 0.6) is 0 Å². The summed E-state index contributed by atoms with van der Waals surface area (Å²) in [5.41, 5.74) is 5.58. The van der Waals surface area contributed by atoms with Crippen LogP contribution in [0, 0.1) is 5.92 Å². The van der Waals surface area contributed by atoms with Crippen LogP contribution in [0.2, 0.25) is 0 Å². The highest BCUT2D eigenvalue weighted by Crippen LogP contribution is 2.38. The van der Waals surface area contributed by atoms with Gasteiger partial charge in [0.2, 0.25) is 10.1 Å². The second-order valence-electron chi connectivity index (χ2n) is 9.29. The summed E-state index contributed by atoms with van der Waals surface area (Å²) in [6.07, 6.45) is -0.232. The van der Waals surface area contributed by atoms with Crippen LogP contribution in [0.3, 0.4) is 0 Å². The Morgan fingerprint density at radius 2 is 1.97 bits per heavy atom. The molecule has 1 saturated heterocycles. The lowest BCUT2D eigenvalue weighted by atomic mass is 10.1. The van der Waals surface area contributed by atoms with Crippen molar-refractivity contribution >= 4 is 33.3 Å². The van der Waals surface area contributed by atoms with Crippen LogP contribution in [0.1, 0.15) is 26.3 Å². The summed E-state index contributed by atoms with van der Waals surface area (Å²) in [6.45, 7) is 7.19. The molecule has 5 rings (SSSR count). The van der Waals surface area contributed by atoms with Gasteiger partial charge in [-0.3, -0.25) is 0 Å². The number of amides is 1. The fraction of sp³-hybridized carbons (Fsp3) is 0.429. The van der Waals surface area contributed by atoms with E-state index in [0.29, 0.717) is 35.4 Å². The maximum atomic E-state index is 13.3. The van der Waals surface area contributed by atoms with Crippen LogP contribution >= 0.6 is 11.3 Å². The first-order valence-electron chi connectivity index (χ1n) is 10.5. The fourth-order valence-corrected chi connectivity index (χ4v) is 4.91. The Morgan fingerprint density at radius 3 is 2.65 bits per heavy atom. The zero-order valence-electron chi connectivity index (χ0n) is 18.6. The Morgan fingerprint density at radius 1 is 1.21 bits per heavy atom. The molecule has 2 aliphatic heterocycles. The second-order valence-corrected chi connectivity index (χ2v) is 10.2. The SMILES string of the molecule is CC(C)(C)OC(=O)N1CC2=CN(c3nn4c(-c5cnc(N)c(C(F)(F)F)c5)cnc4s3)C[C@@H]2C1. The minimum absolute atomic E-state index is 0.166. The molecular formula is C21H22F3N7O2S. The van der Waals surface area contributed by atoms with Gasteiger partial charge in [-0.2, -0.15) is 13.2 Å². The van der Waals surface area contributed by atoms with Crippen LogP contribution in [-0.4, -0.2) is 55.8 Å². The number of nitrogens with zero attached hydrogens (tertiary/aromatic N) is 6. The minimum atomic E-state index is -4.61. The van der Waals surface area contributed by atoms with Gasteiger partial charge >= 0.3 is 12.3 Å². The van der Waals surface area contributed by atoms with E-state index in [1.807, 2.05) is 31.9 Å². The van der Waals surface area contributed by atoms with Crippen LogP contribution in [-0.2, 0) is 10.9 Å². The largest absolute Gasteiger partial charge is 0.444 e. The monoisotopic (exact) mass is 493 g/mol. The number of rotatable bonds is 2. The zero-order chi connectivity index (χ0) is 24.4. The number of anilines is 2. The Bertz CT molecular complexity index is 1310. The molecule has 0 aliphatic carbocycles. The highest BCUT2D eigenvalue weighted by molar-refractivity contribution is 7.20. The molecule has 13 heteroatoms. The maximum Gasteiger partial charge on any atom is 0.419 e. The Hall–Kier alpha value is -3.35. The third-order valence-corrected chi connectivity index (χ3v) is 6.53. The highest BCUT2D eigenvalue weighted by Gasteiger charge is 2.38. The molecule has 9 nitrogen and oxygen atoms in total. The zero-order valence-corrected chi connectivity index (χ0v) is 19.4. The number of aromatic nitrogens is 4. The number of hydrogen-bond donors (Lipinski definition) is 1. The van der Waals surface area contributed by atoms with Crippen LogP contribution in [0.25, 0.3) is 16.2 Å². The van der Waals surface area contributed by atoms with Crippen molar-refractivity contribution in [2.24, 2.45) is 5.92 Å². The average molecular weight is 494 g/mol. The number of likely N-dealkylation sites (tertiary alicyclic amines) is 1. The van der Waals surface area contributed by atoms with E-state index in [-0.39, 0.29) is 17.6 Å². The van der Waals surface area contributed by atoms with Gasteiger partial charge in [-0.15, -0.1) is 5.10 Å². The van der Waals surface area contributed by atoms with Crippen LogP contribution < -0.4 is 10.6 Å². The number of hydrogen-bond acceptors (Lipinski definition) is 8. The van der Waals surface area contributed by atoms with Gasteiger partial charge in [0.05, 0.1) is 17.5 Å². The van der Waals surface area contributed by atoms with Gasteiger partial charge in [0.1, 0.15) is 11.4 Å². The molecular weight excluding hydrogens is 471 g/mol. The van der Waals surface area contributed by atoms with E-state index in [1.54, 1.807) is 4.90 Å². The Balaban J connectivity index is 1.38. The Kier molecular flexibility index (Phi) is 5.01. The predicted octanol–water partition coefficient (Wildman–Crippen LogP) is 4.02. The molecule has 180 valence electrons. The van der Waals surface area contributed by atoms with Crippen molar-refractivity contribution in [1.29, 1.82) is 0 Å². The third kappa shape index (κ3) is 4.04. The first-order valence-corrected chi connectivity index (χ1v) is 11.3. The van der Waals surface area contributed by atoms with Gasteiger partial charge in [-0.25, -0.2) is 19.3 Å². The number of ether oxygens (including phenoxy) is 1. The lowest BCUT2D eigenvalue weighted by Gasteiger charge is -2.25. The molecule has 0 bridgehead atoms. The molecule has 0 unspecified atom stereocenters. The summed E-state index contributed by atoms with van der Waals surface area (Å²) in [6, 6.07) is 0.957. The Labute approximate surface area is 196 Å². The van der Waals surface area contributed by atoms with E-state index in [0.717, 1.165) is 11.6 Å². The molecule has 2 N–H and O–H groups in total. The number of carbonyl (C=O) groups is 1. The van der Waals surface area contributed by atoms with Gasteiger partial charge < -0.3 is 20.3 Å². The molecule has 0 radical (unpaired) electrons. The van der Waals surface area contributed by atoms with Gasteiger partial charge in [-0.05, 0) is 32.4 Å². The van der Waals surface area contributed by atoms with Gasteiger partial charge in [0, 0.05) is 43.5 Å². The molecule has 1 atom stereocenters. The van der Waals surface area contributed by atoms with Gasteiger partial charge in [0.25, 0.3) is 0 Å². The van der Waals surface area contributed by atoms with E-state index >= 15 is 0 Å². The van der Waals surface area contributed by atoms with Crippen molar-refractivity contribution in [3.8, 4) is 11.3 Å². The molecule has 0 saturated carbocycles. The summed E-state index contributed by atoms with van der Waals surface area (Å²) < 4.78 is 46.8. The standard InChI is InChI=1S/C21H22F3N7O2S/c1-20(2,3)33-19(32)30-9-12-7-29(8-13(12)10-30)18-28-31-15(6-27-17(31)34-18)11-4-14(21(22,23)24)16(25)26-5-11/h4-7,13H,8-10H2,1-3H3,(H2,25,26)/t13-/m1/s1. The number of nitrogens with two attached hydrogens (primary N) is 1. The summed E-state index contributed by atoms with van der Waals surface area (Å²) in [5.74, 6) is -0.412. The number of fused-ring (bicyclic) bond motifs is 2. The predicted molar refractivity (Wildman–Crippen MR) is 120 cm³/mol. The summed E-state index contributed by atoms with van der Waals surface area (Å²) in [5, 5.41) is 5.25. The van der Waals surface area contributed by atoms with Gasteiger partial charge in [0.15, 0.2) is 0 Å². The van der Waals surface area contributed by atoms with Crippen molar-refractivity contribution in [2.75, 3.05) is 30.3 Å². The van der Waals surface area contributed by atoms with Crippen molar-refractivity contribution in [2.45, 2.75) is 32.5 Å². The number of halogens is 3. The van der Waals surface area contributed by atoms with E-state index in [4.69, 9.17) is 10.5 Å². The summed E-state index contributed by atoms with van der Waals surface area (Å²) in [7, 11) is 0. The molecule has 1 fully saturated rings. The van der Waals surface area contributed by atoms with Crippen molar-refractivity contribution in [3.05, 3.63) is 35.8 Å². The lowest BCUT2D eigenvalue weighted by Crippen LogP contribution is -2.36. The first kappa shape index (κ1) is 22.4. The molecule has 1 amide bonds. The number of imidazole rings is 1. The van der Waals surface area contributed by atoms with E-state index in [2.05, 4.69) is 15.1 Å². The van der Waals surface area contributed by atoms with Gasteiger partial charge in [-0.1, -0.05) is 11.3 Å². The van der Waals surface area contributed by atoms with E-state index < -0.39 is 23.2 Å². The number of carbonyl (C=O) groups excluding carboxylic acids is 1. The van der Waals surface area contributed by atoms with E-state index in [9.17, 15) is 18.0 Å².